The fourth-order valence-electron chi connectivity index (χ4n) is 3.38. The van der Waals surface area contributed by atoms with Crippen LogP contribution in [-0.4, -0.2) is 39.1 Å². The summed E-state index contributed by atoms with van der Waals surface area (Å²) < 4.78 is 6.43. The number of tetrazole rings is 1. The average Bonchev–Trinajstić information content (AvgIpc) is 3.26. The maximum Gasteiger partial charge on any atom is 0.355 e. The number of aryl methyl sites for hydroxylation is 1. The van der Waals surface area contributed by atoms with Crippen LogP contribution in [0.2, 0.25) is 0 Å². The molecule has 1 aromatic heterocycles. The van der Waals surface area contributed by atoms with Crippen LogP contribution in [0, 0.1) is 0 Å². The molecule has 0 fully saturated rings. The van der Waals surface area contributed by atoms with Crippen molar-refractivity contribution in [3.05, 3.63) is 82.6 Å². The molecule has 1 aliphatic heterocycles. The standard InChI is InChI=1S/C21H19N5O3/c1-3-13-9-11-14(12-10-13)18-16(19(27)15-7-5-4-6-8-15)17(20(28)29-2)22-21-23-24-25-26(18)21/h4-12,18H,3H2,1-2H3,(H,22,23,25). The number of nitrogens with zero attached hydrogens (tertiary/aromatic N) is 4. The largest absolute Gasteiger partial charge is 0.464 e. The van der Waals surface area contributed by atoms with E-state index in [0.717, 1.165) is 17.5 Å². The molecule has 4 rings (SSSR count). The van der Waals surface area contributed by atoms with Crippen LogP contribution in [0.25, 0.3) is 0 Å². The number of carbonyl (C=O) groups excluding carboxylic acids is 2. The fraction of sp³-hybridized carbons (Fsp3) is 0.190. The summed E-state index contributed by atoms with van der Waals surface area (Å²) >= 11 is 0. The molecule has 1 N–H and O–H groups in total. The molecule has 0 aliphatic carbocycles. The van der Waals surface area contributed by atoms with Gasteiger partial charge in [0.05, 0.1) is 12.7 Å². The van der Waals surface area contributed by atoms with Crippen molar-refractivity contribution in [1.29, 1.82) is 0 Å². The molecule has 0 bridgehead atoms. The lowest BCUT2D eigenvalue weighted by Crippen LogP contribution is -2.32. The van der Waals surface area contributed by atoms with E-state index < -0.39 is 12.0 Å². The van der Waals surface area contributed by atoms with E-state index in [1.54, 1.807) is 24.3 Å². The molecule has 146 valence electrons. The smallest absolute Gasteiger partial charge is 0.355 e. The number of carbonyl (C=O) groups is 2. The minimum Gasteiger partial charge on any atom is -0.464 e. The second-order valence-electron chi connectivity index (χ2n) is 6.55. The molecule has 0 spiro atoms. The van der Waals surface area contributed by atoms with Crippen LogP contribution in [0.15, 0.2) is 65.9 Å². The minimum atomic E-state index is -0.672. The van der Waals surface area contributed by atoms with E-state index in [0.29, 0.717) is 5.56 Å². The van der Waals surface area contributed by atoms with Gasteiger partial charge in [-0.1, -0.05) is 66.6 Å². The van der Waals surface area contributed by atoms with Crippen molar-refractivity contribution in [3.8, 4) is 0 Å². The van der Waals surface area contributed by atoms with Crippen molar-refractivity contribution in [2.24, 2.45) is 0 Å². The van der Waals surface area contributed by atoms with E-state index in [2.05, 4.69) is 27.8 Å². The number of ether oxygens (including phenoxy) is 1. The molecule has 0 saturated carbocycles. The first-order chi connectivity index (χ1) is 14.1. The average molecular weight is 389 g/mol. The Morgan fingerprint density at radius 3 is 2.48 bits per heavy atom. The van der Waals surface area contributed by atoms with Crippen molar-refractivity contribution in [2.45, 2.75) is 19.4 Å². The number of fused-ring (bicyclic) bond motifs is 1. The van der Waals surface area contributed by atoms with Crippen molar-refractivity contribution in [3.63, 3.8) is 0 Å². The number of aromatic nitrogens is 4. The molecule has 2 heterocycles. The predicted octanol–water partition coefficient (Wildman–Crippen LogP) is 2.56. The first-order valence-electron chi connectivity index (χ1n) is 9.20. The number of anilines is 1. The number of Topliss-reactive ketones (excluding diaryl/α,β-unsaturated/α-hetero) is 1. The molecule has 1 atom stereocenters. The Hall–Kier alpha value is -3.81. The number of methoxy groups -OCH3 is 1. The lowest BCUT2D eigenvalue weighted by Gasteiger charge is -2.28. The highest BCUT2D eigenvalue weighted by molar-refractivity contribution is 6.14. The molecule has 2 aromatic carbocycles. The zero-order valence-corrected chi connectivity index (χ0v) is 16.0. The quantitative estimate of drug-likeness (QED) is 0.529. The van der Waals surface area contributed by atoms with Crippen LogP contribution in [0.5, 0.6) is 0 Å². The summed E-state index contributed by atoms with van der Waals surface area (Å²) in [5.41, 5.74) is 2.67. The van der Waals surface area contributed by atoms with Gasteiger partial charge in [0.1, 0.15) is 11.7 Å². The molecule has 8 heteroatoms. The first kappa shape index (κ1) is 18.5. The van der Waals surface area contributed by atoms with Crippen molar-refractivity contribution in [2.75, 3.05) is 12.4 Å². The molecule has 0 amide bonds. The number of allylic oxidation sites excluding steroid dienone is 1. The van der Waals surface area contributed by atoms with E-state index in [9.17, 15) is 9.59 Å². The van der Waals surface area contributed by atoms with Crippen molar-refractivity contribution in [1.82, 2.24) is 20.2 Å². The third kappa shape index (κ3) is 3.29. The Kier molecular flexibility index (Phi) is 4.90. The minimum absolute atomic E-state index is 0.0354. The lowest BCUT2D eigenvalue weighted by atomic mass is 9.89. The van der Waals surface area contributed by atoms with Crippen LogP contribution in [0.1, 0.15) is 34.5 Å². The number of nitrogens with one attached hydrogen (secondary N) is 1. The lowest BCUT2D eigenvalue weighted by molar-refractivity contribution is -0.136. The highest BCUT2D eigenvalue weighted by Crippen LogP contribution is 2.36. The van der Waals surface area contributed by atoms with Gasteiger partial charge in [0.15, 0.2) is 5.78 Å². The first-order valence-corrected chi connectivity index (χ1v) is 9.20. The second kappa shape index (κ2) is 7.67. The van der Waals surface area contributed by atoms with Gasteiger partial charge < -0.3 is 10.1 Å². The van der Waals surface area contributed by atoms with Gasteiger partial charge in [-0.3, -0.25) is 4.79 Å². The van der Waals surface area contributed by atoms with E-state index in [-0.39, 0.29) is 23.0 Å². The number of benzene rings is 2. The Morgan fingerprint density at radius 1 is 1.10 bits per heavy atom. The van der Waals surface area contributed by atoms with Gasteiger partial charge in [-0.15, -0.1) is 0 Å². The molecular formula is C21H19N5O3. The van der Waals surface area contributed by atoms with Gasteiger partial charge >= 0.3 is 5.97 Å². The Labute approximate surface area is 167 Å². The maximum absolute atomic E-state index is 13.5. The zero-order valence-electron chi connectivity index (χ0n) is 16.0. The van der Waals surface area contributed by atoms with Gasteiger partial charge in [0, 0.05) is 5.56 Å². The fourth-order valence-corrected chi connectivity index (χ4v) is 3.38. The number of hydrogen-bond acceptors (Lipinski definition) is 7. The Morgan fingerprint density at radius 2 is 1.83 bits per heavy atom. The third-order valence-corrected chi connectivity index (χ3v) is 4.89. The summed E-state index contributed by atoms with van der Waals surface area (Å²) in [6, 6.07) is 15.9. The van der Waals surface area contributed by atoms with E-state index in [4.69, 9.17) is 4.74 Å². The molecule has 1 unspecified atom stereocenters. The van der Waals surface area contributed by atoms with Crippen LogP contribution in [0.3, 0.4) is 0 Å². The summed E-state index contributed by atoms with van der Waals surface area (Å²) in [5.74, 6) is -0.697. The monoisotopic (exact) mass is 389 g/mol. The van der Waals surface area contributed by atoms with E-state index >= 15 is 0 Å². The van der Waals surface area contributed by atoms with Crippen LogP contribution < -0.4 is 5.32 Å². The number of hydrogen-bond donors (Lipinski definition) is 1. The SMILES string of the molecule is CCc1ccc(C2C(C(=O)c3ccccc3)=C(C(=O)OC)Nc3nnnn32)cc1. The predicted molar refractivity (Wildman–Crippen MR) is 105 cm³/mol. The topological polar surface area (TPSA) is 99.0 Å². The zero-order chi connectivity index (χ0) is 20.4. The molecule has 8 nitrogen and oxygen atoms in total. The van der Waals surface area contributed by atoms with Gasteiger partial charge in [-0.05, 0) is 28.0 Å². The van der Waals surface area contributed by atoms with Gasteiger partial charge in [0.2, 0.25) is 5.95 Å². The summed E-state index contributed by atoms with van der Waals surface area (Å²) in [6.45, 7) is 2.07. The van der Waals surface area contributed by atoms with Gasteiger partial charge in [0.25, 0.3) is 0 Å². The Balaban J connectivity index is 1.93. The number of rotatable bonds is 5. The van der Waals surface area contributed by atoms with Crippen molar-refractivity contribution < 1.29 is 14.3 Å². The normalized spacial score (nSPS) is 15.4. The molecule has 3 aromatic rings. The Bertz CT molecular complexity index is 1090. The highest BCUT2D eigenvalue weighted by atomic mass is 16.5. The van der Waals surface area contributed by atoms with Crippen LogP contribution in [0.4, 0.5) is 5.95 Å². The number of ketones is 1. The van der Waals surface area contributed by atoms with E-state index in [1.165, 1.54) is 11.8 Å². The molecule has 0 radical (unpaired) electrons. The van der Waals surface area contributed by atoms with Crippen molar-refractivity contribution >= 4 is 17.7 Å². The van der Waals surface area contributed by atoms with E-state index in [1.807, 2.05) is 30.3 Å². The highest BCUT2D eigenvalue weighted by Gasteiger charge is 2.38. The summed E-state index contributed by atoms with van der Waals surface area (Å²) in [5, 5.41) is 14.6. The van der Waals surface area contributed by atoms with Gasteiger partial charge in [-0.2, -0.15) is 4.68 Å². The van der Waals surface area contributed by atoms with Gasteiger partial charge in [-0.25, -0.2) is 4.79 Å². The third-order valence-electron chi connectivity index (χ3n) is 4.89. The second-order valence-corrected chi connectivity index (χ2v) is 6.55. The maximum atomic E-state index is 13.5. The van der Waals surface area contributed by atoms with Crippen LogP contribution in [-0.2, 0) is 16.0 Å². The summed E-state index contributed by atoms with van der Waals surface area (Å²) in [6.07, 6.45) is 0.891. The summed E-state index contributed by atoms with van der Waals surface area (Å²) in [7, 11) is 1.27. The molecule has 29 heavy (non-hydrogen) atoms. The summed E-state index contributed by atoms with van der Waals surface area (Å²) in [4.78, 5) is 26.0. The molecule has 0 saturated heterocycles. The number of esters is 1. The van der Waals surface area contributed by atoms with Crippen LogP contribution >= 0.6 is 0 Å². The molecular weight excluding hydrogens is 370 g/mol. The molecule has 1 aliphatic rings.